The van der Waals surface area contributed by atoms with E-state index in [1.165, 1.54) is 17.7 Å². The van der Waals surface area contributed by atoms with Crippen LogP contribution in [0.3, 0.4) is 0 Å². The largest absolute Gasteiger partial charge is 0.352 e. The van der Waals surface area contributed by atoms with Crippen molar-refractivity contribution in [1.29, 1.82) is 0 Å². The molecule has 2 heterocycles. The summed E-state index contributed by atoms with van der Waals surface area (Å²) in [7, 11) is 0. The number of carbonyl (C=O) groups is 2. The normalized spacial score (nSPS) is 12.9. The summed E-state index contributed by atoms with van der Waals surface area (Å²) in [5.41, 5.74) is 7.08. The van der Waals surface area contributed by atoms with E-state index >= 15 is 0 Å². The number of nitrogens with one attached hydrogen (secondary N) is 2. The fraction of sp³-hybridized carbons (Fsp3) is 0.222. The molecule has 0 saturated heterocycles. The van der Waals surface area contributed by atoms with E-state index in [9.17, 15) is 9.59 Å². The first-order valence-corrected chi connectivity index (χ1v) is 9.24. The topological polar surface area (TPSA) is 115 Å². The molecule has 4 N–H and O–H groups in total. The minimum Gasteiger partial charge on any atom is -0.352 e. The first-order chi connectivity index (χ1) is 13.0. The summed E-state index contributed by atoms with van der Waals surface area (Å²) in [6, 6.07) is 10.1. The van der Waals surface area contributed by atoms with E-state index in [-0.39, 0.29) is 18.4 Å². The SMILES string of the molecule is CC(NC(=O)CC(NC(N)=O)c1cccs1)c1ccc(-n2cncn2)cc1. The van der Waals surface area contributed by atoms with Gasteiger partial charge in [0.15, 0.2) is 0 Å². The Labute approximate surface area is 160 Å². The van der Waals surface area contributed by atoms with E-state index in [0.29, 0.717) is 0 Å². The molecular weight excluding hydrogens is 364 g/mol. The van der Waals surface area contributed by atoms with Gasteiger partial charge in [0, 0.05) is 4.88 Å². The summed E-state index contributed by atoms with van der Waals surface area (Å²) in [4.78, 5) is 28.5. The zero-order valence-electron chi connectivity index (χ0n) is 14.7. The third-order valence-corrected chi connectivity index (χ3v) is 5.03. The lowest BCUT2D eigenvalue weighted by molar-refractivity contribution is -0.122. The average Bonchev–Trinajstić information content (AvgIpc) is 3.34. The van der Waals surface area contributed by atoms with Crippen molar-refractivity contribution in [2.75, 3.05) is 0 Å². The van der Waals surface area contributed by atoms with Crippen LogP contribution >= 0.6 is 11.3 Å². The summed E-state index contributed by atoms with van der Waals surface area (Å²) in [5.74, 6) is -0.171. The van der Waals surface area contributed by atoms with Gasteiger partial charge in [0.25, 0.3) is 0 Å². The van der Waals surface area contributed by atoms with Crippen LogP contribution in [0.25, 0.3) is 5.69 Å². The Bertz CT molecular complexity index is 877. The Morgan fingerprint density at radius 3 is 2.59 bits per heavy atom. The minimum absolute atomic E-state index is 0.116. The third kappa shape index (κ3) is 4.91. The third-order valence-electron chi connectivity index (χ3n) is 4.05. The molecule has 0 saturated carbocycles. The Morgan fingerprint density at radius 2 is 2.00 bits per heavy atom. The number of nitrogens with zero attached hydrogens (tertiary/aromatic N) is 3. The molecule has 140 valence electrons. The number of aromatic nitrogens is 3. The molecule has 3 amide bonds. The number of nitrogens with two attached hydrogens (primary N) is 1. The van der Waals surface area contributed by atoms with Gasteiger partial charge in [-0.1, -0.05) is 18.2 Å². The smallest absolute Gasteiger partial charge is 0.312 e. The molecule has 0 radical (unpaired) electrons. The average molecular weight is 384 g/mol. The zero-order chi connectivity index (χ0) is 19.2. The van der Waals surface area contributed by atoms with Gasteiger partial charge in [-0.25, -0.2) is 14.5 Å². The van der Waals surface area contributed by atoms with Crippen molar-refractivity contribution < 1.29 is 9.59 Å². The molecule has 27 heavy (non-hydrogen) atoms. The fourth-order valence-electron chi connectivity index (χ4n) is 2.71. The standard InChI is InChI=1S/C18H20N6O2S/c1-12(13-4-6-14(7-5-13)24-11-20-10-21-24)22-17(25)9-15(23-18(19)26)16-3-2-8-27-16/h2-8,10-12,15H,9H2,1H3,(H,22,25)(H3,19,23,26). The maximum Gasteiger partial charge on any atom is 0.312 e. The van der Waals surface area contributed by atoms with Gasteiger partial charge in [-0.2, -0.15) is 5.10 Å². The minimum atomic E-state index is -0.655. The first-order valence-electron chi connectivity index (χ1n) is 8.36. The Balaban J connectivity index is 1.61. The van der Waals surface area contributed by atoms with E-state index in [1.807, 2.05) is 48.7 Å². The second kappa shape index (κ2) is 8.45. The highest BCUT2D eigenvalue weighted by molar-refractivity contribution is 7.10. The Hall–Kier alpha value is -3.20. The molecule has 0 bridgehead atoms. The second-order valence-corrected chi connectivity index (χ2v) is 6.98. The Morgan fingerprint density at radius 1 is 1.22 bits per heavy atom. The predicted molar refractivity (Wildman–Crippen MR) is 102 cm³/mol. The van der Waals surface area contributed by atoms with Crippen LogP contribution in [-0.4, -0.2) is 26.7 Å². The molecule has 0 fully saturated rings. The lowest BCUT2D eigenvalue weighted by atomic mass is 10.1. The van der Waals surface area contributed by atoms with Crippen molar-refractivity contribution in [3.8, 4) is 5.69 Å². The molecule has 2 aromatic heterocycles. The Kier molecular flexibility index (Phi) is 5.82. The summed E-state index contributed by atoms with van der Waals surface area (Å²) >= 11 is 1.47. The lowest BCUT2D eigenvalue weighted by Crippen LogP contribution is -2.36. The van der Waals surface area contributed by atoms with Gasteiger partial charge < -0.3 is 16.4 Å². The van der Waals surface area contributed by atoms with Crippen molar-refractivity contribution in [2.45, 2.75) is 25.4 Å². The van der Waals surface area contributed by atoms with Crippen molar-refractivity contribution in [1.82, 2.24) is 25.4 Å². The van der Waals surface area contributed by atoms with E-state index in [0.717, 1.165) is 16.1 Å². The first kappa shape index (κ1) is 18.6. The monoisotopic (exact) mass is 384 g/mol. The summed E-state index contributed by atoms with van der Waals surface area (Å²) < 4.78 is 1.66. The van der Waals surface area contributed by atoms with Crippen LogP contribution in [0.4, 0.5) is 4.79 Å². The van der Waals surface area contributed by atoms with Crippen molar-refractivity contribution >= 4 is 23.3 Å². The number of thiophene rings is 1. The van der Waals surface area contributed by atoms with Crippen LogP contribution in [-0.2, 0) is 4.79 Å². The number of benzene rings is 1. The highest BCUT2D eigenvalue weighted by atomic mass is 32.1. The number of carbonyl (C=O) groups excluding carboxylic acids is 2. The van der Waals surface area contributed by atoms with Crippen LogP contribution in [0.15, 0.2) is 54.4 Å². The molecular formula is C18H20N6O2S. The fourth-order valence-corrected chi connectivity index (χ4v) is 3.49. The number of amides is 3. The molecule has 8 nitrogen and oxygen atoms in total. The molecule has 3 rings (SSSR count). The molecule has 0 spiro atoms. The van der Waals surface area contributed by atoms with Crippen LogP contribution in [0.5, 0.6) is 0 Å². The molecule has 0 aliphatic heterocycles. The highest BCUT2D eigenvalue weighted by Crippen LogP contribution is 2.23. The van der Waals surface area contributed by atoms with Crippen LogP contribution in [0.2, 0.25) is 0 Å². The van der Waals surface area contributed by atoms with E-state index in [1.54, 1.807) is 11.0 Å². The van der Waals surface area contributed by atoms with Crippen molar-refractivity contribution in [2.24, 2.45) is 5.73 Å². The van der Waals surface area contributed by atoms with Gasteiger partial charge in [0.1, 0.15) is 12.7 Å². The number of primary amides is 1. The molecule has 0 aliphatic rings. The van der Waals surface area contributed by atoms with Gasteiger partial charge >= 0.3 is 6.03 Å². The van der Waals surface area contributed by atoms with Gasteiger partial charge in [0.2, 0.25) is 5.91 Å². The van der Waals surface area contributed by atoms with Gasteiger partial charge in [-0.3, -0.25) is 4.79 Å². The zero-order valence-corrected chi connectivity index (χ0v) is 15.5. The van der Waals surface area contributed by atoms with E-state index < -0.39 is 12.1 Å². The van der Waals surface area contributed by atoms with Crippen LogP contribution in [0.1, 0.15) is 35.9 Å². The van der Waals surface area contributed by atoms with Crippen LogP contribution < -0.4 is 16.4 Å². The number of rotatable bonds is 7. The molecule has 3 aromatic rings. The van der Waals surface area contributed by atoms with Crippen molar-refractivity contribution in [3.63, 3.8) is 0 Å². The van der Waals surface area contributed by atoms with Crippen LogP contribution in [0, 0.1) is 0 Å². The highest BCUT2D eigenvalue weighted by Gasteiger charge is 2.19. The molecule has 1 aromatic carbocycles. The van der Waals surface area contributed by atoms with E-state index in [2.05, 4.69) is 20.7 Å². The quantitative estimate of drug-likeness (QED) is 0.580. The van der Waals surface area contributed by atoms with Crippen molar-refractivity contribution in [3.05, 3.63) is 64.9 Å². The maximum atomic E-state index is 12.4. The van der Waals surface area contributed by atoms with Gasteiger partial charge in [0.05, 0.1) is 24.2 Å². The summed E-state index contributed by atoms with van der Waals surface area (Å²) in [6.07, 6.45) is 3.21. The number of hydrogen-bond acceptors (Lipinski definition) is 5. The molecule has 9 heteroatoms. The second-order valence-electron chi connectivity index (χ2n) is 6.00. The predicted octanol–water partition coefficient (Wildman–Crippen LogP) is 2.31. The maximum absolute atomic E-state index is 12.4. The van der Waals surface area contributed by atoms with Gasteiger partial charge in [-0.05, 0) is 36.1 Å². The molecule has 2 unspecified atom stereocenters. The lowest BCUT2D eigenvalue weighted by Gasteiger charge is -2.19. The van der Waals surface area contributed by atoms with Gasteiger partial charge in [-0.15, -0.1) is 11.3 Å². The molecule has 0 aliphatic carbocycles. The number of hydrogen-bond donors (Lipinski definition) is 3. The summed E-state index contributed by atoms with van der Waals surface area (Å²) in [6.45, 7) is 1.91. The number of urea groups is 1. The summed E-state index contributed by atoms with van der Waals surface area (Å²) in [5, 5.41) is 11.6. The molecule has 2 atom stereocenters. The van der Waals surface area contributed by atoms with E-state index in [4.69, 9.17) is 5.73 Å².